The van der Waals surface area contributed by atoms with E-state index < -0.39 is 0 Å². The Morgan fingerprint density at radius 2 is 0.233 bits per heavy atom. The van der Waals surface area contributed by atoms with Gasteiger partial charge in [-0.05, 0) is 377 Å². The summed E-state index contributed by atoms with van der Waals surface area (Å²) in [6.45, 7) is 0. The molecule has 674 valence electrons. The van der Waals surface area contributed by atoms with E-state index in [0.29, 0.717) is 0 Å². The quantitative estimate of drug-likeness (QED) is 0.133. The molecule has 0 saturated carbocycles. The molecule has 0 aliphatic heterocycles. The molecule has 31 aromatic rings. The van der Waals surface area contributed by atoms with E-state index >= 15 is 0 Å². The molecule has 31 aromatic carbocycles. The Bertz CT molecular complexity index is 10800. The lowest BCUT2D eigenvalue weighted by molar-refractivity contribution is 1.62. The van der Waals surface area contributed by atoms with Crippen LogP contribution >= 0.6 is 0 Å². The van der Waals surface area contributed by atoms with Crippen LogP contribution in [-0.2, 0) is 0 Å². The minimum atomic E-state index is 1.21. The van der Waals surface area contributed by atoms with Gasteiger partial charge in [-0.1, -0.05) is 473 Å². The minimum Gasteiger partial charge on any atom is -0.0622 e. The van der Waals surface area contributed by atoms with Crippen LogP contribution in [-0.4, -0.2) is 0 Å². The fraction of sp³-hybridized carbons (Fsp3) is 0. The Kier molecular flexibility index (Phi) is 19.8. The number of fused-ring (bicyclic) bond motifs is 34. The summed E-state index contributed by atoms with van der Waals surface area (Å²) >= 11 is 0. The van der Waals surface area contributed by atoms with Gasteiger partial charge in [-0.2, -0.15) is 0 Å². The second kappa shape index (κ2) is 34.5. The molecule has 0 N–H and O–H groups in total. The van der Waals surface area contributed by atoms with Crippen molar-refractivity contribution in [3.05, 3.63) is 546 Å². The van der Waals surface area contributed by atoms with Crippen molar-refractivity contribution in [1.29, 1.82) is 0 Å². The van der Waals surface area contributed by atoms with Crippen LogP contribution in [0.4, 0.5) is 0 Å². The molecular formula is C146H90. The first-order valence-corrected chi connectivity index (χ1v) is 50.8. The highest BCUT2D eigenvalue weighted by atomic mass is 14.3. The molecule has 31 rings (SSSR count). The lowest BCUT2D eigenvalue weighted by Crippen LogP contribution is -1.93. The van der Waals surface area contributed by atoms with Gasteiger partial charge in [0.15, 0.2) is 0 Å². The van der Waals surface area contributed by atoms with Gasteiger partial charge in [0.1, 0.15) is 0 Å². The molecule has 0 heterocycles. The highest BCUT2D eigenvalue weighted by molar-refractivity contribution is 6.31. The maximum absolute atomic E-state index is 2.45. The molecule has 0 spiro atoms. The molecule has 0 fully saturated rings. The van der Waals surface area contributed by atoms with Crippen LogP contribution in [0.1, 0.15) is 0 Å². The Labute approximate surface area is 844 Å². The van der Waals surface area contributed by atoms with Crippen LogP contribution in [0.5, 0.6) is 0 Å². The zero-order chi connectivity index (χ0) is 96.0. The Balaban J connectivity index is 0.000000105. The third-order valence-corrected chi connectivity index (χ3v) is 31.4. The van der Waals surface area contributed by atoms with Crippen LogP contribution in [0.15, 0.2) is 546 Å². The summed E-state index contributed by atoms with van der Waals surface area (Å²) in [5.74, 6) is 0. The average molecular weight is 1840 g/mol. The fourth-order valence-corrected chi connectivity index (χ4v) is 24.5. The van der Waals surface area contributed by atoms with Gasteiger partial charge in [-0.15, -0.1) is 0 Å². The molecule has 0 nitrogen and oxygen atoms in total. The fourth-order valence-electron chi connectivity index (χ4n) is 24.5. The molecular weight excluding hydrogens is 1750 g/mol. The van der Waals surface area contributed by atoms with Crippen molar-refractivity contribution in [3.63, 3.8) is 0 Å². The van der Waals surface area contributed by atoms with Crippen LogP contribution < -0.4 is 0 Å². The van der Waals surface area contributed by atoms with E-state index in [2.05, 4.69) is 546 Å². The van der Waals surface area contributed by atoms with Crippen molar-refractivity contribution in [1.82, 2.24) is 0 Å². The van der Waals surface area contributed by atoms with Gasteiger partial charge in [0.2, 0.25) is 0 Å². The van der Waals surface area contributed by atoms with Crippen molar-refractivity contribution in [2.75, 3.05) is 0 Å². The maximum Gasteiger partial charge on any atom is -0.00201 e. The highest BCUT2D eigenvalue weighted by Crippen LogP contribution is 2.51. The number of benzene rings is 31. The number of hydrogen-bond donors (Lipinski definition) is 0. The summed E-state index contributed by atoms with van der Waals surface area (Å²) in [5.41, 5.74) is 19.9. The summed E-state index contributed by atoms with van der Waals surface area (Å²) in [6.07, 6.45) is 0. The Morgan fingerprint density at radius 1 is 0.0685 bits per heavy atom. The molecule has 0 aliphatic carbocycles. The summed E-state index contributed by atoms with van der Waals surface area (Å²) in [5, 5.41) is 51.5. The van der Waals surface area contributed by atoms with Crippen LogP contribution in [0.25, 0.3) is 304 Å². The van der Waals surface area contributed by atoms with E-state index in [1.807, 2.05) is 0 Å². The van der Waals surface area contributed by atoms with Gasteiger partial charge >= 0.3 is 0 Å². The standard InChI is InChI=1S/C58H36.C46H28.C42H26/c1-3-15-37(16-4-1)57-55-34-40(39-27-30-50-47-24-11-10-22-45(47)46-23-12-14-26-49(46)54(50)33-39)28-31-51(55)52-32-29-42(36-56(52)58(57)38-17-5-2-6-18-38)53-35-41-19-7-8-20-43(41)44-21-9-13-25-48(44)53;1-2-10-35-31(9-1)28-45(42-15-7-3-11-38(35)42)34-21-23-37-33(26-34)18-17-32-25-29(19-22-36(32)37)30-20-24-44-41-14-5-4-12-39(41)40-13-6-8-16-43(40)46(44)27-30;1-2-10-28-23-29(18-17-27(28)9-1)30-19-21-38-39-22-20-32(26-42(39)37-16-8-7-15-36(37)41(38)24-30)40-25-31-11-3-4-12-33(31)34-13-5-6-14-35(34)40/h1-36H;1-28H;1-26H. The second-order valence-corrected chi connectivity index (χ2v) is 39.3. The predicted molar refractivity (Wildman–Crippen MR) is 633 cm³/mol. The summed E-state index contributed by atoms with van der Waals surface area (Å²) in [4.78, 5) is 0. The van der Waals surface area contributed by atoms with Crippen LogP contribution in [0.3, 0.4) is 0 Å². The van der Waals surface area contributed by atoms with Gasteiger partial charge in [0.25, 0.3) is 0 Å². The lowest BCUT2D eigenvalue weighted by Gasteiger charge is -2.20. The SMILES string of the molecule is c1ccc(-c2c(-c3ccccc3)c3cc(-c4cc5ccccc5c5ccccc45)ccc3c3ccc(-c4ccc5c6ccccc6c6ccccc6c5c4)cc23)cc1.c1ccc2c(c1)cc(-c1ccc3c(ccc4cc(-c5ccc6c7ccccc7c7ccccc7c6c5)ccc43)c1)c1ccccc12.c1ccc2cc(-c3ccc4c5ccc(-c6cc7ccccc7c7ccccc67)cc5c5ccccc5c4c3)ccc2c1. The monoisotopic (exact) mass is 1840 g/mol. The van der Waals surface area contributed by atoms with Crippen LogP contribution in [0, 0.1) is 0 Å². The Morgan fingerprint density at radius 3 is 0.555 bits per heavy atom. The van der Waals surface area contributed by atoms with E-state index in [0.717, 1.165) is 0 Å². The average Bonchev–Trinajstić information content (AvgIpc) is 0.720. The van der Waals surface area contributed by atoms with E-state index in [-0.39, 0.29) is 0 Å². The molecule has 0 atom stereocenters. The van der Waals surface area contributed by atoms with Gasteiger partial charge in [0, 0.05) is 0 Å². The number of hydrogen-bond acceptors (Lipinski definition) is 0. The highest BCUT2D eigenvalue weighted by Gasteiger charge is 2.24. The largest absolute Gasteiger partial charge is 0.0622 e. The molecule has 0 aliphatic rings. The van der Waals surface area contributed by atoms with Crippen molar-refractivity contribution in [2.45, 2.75) is 0 Å². The Hall–Kier alpha value is -19.0. The third kappa shape index (κ3) is 14.0. The van der Waals surface area contributed by atoms with Gasteiger partial charge in [-0.3, -0.25) is 0 Å². The summed E-state index contributed by atoms with van der Waals surface area (Å²) < 4.78 is 0. The molecule has 146 heavy (non-hydrogen) atoms. The van der Waals surface area contributed by atoms with Crippen molar-refractivity contribution < 1.29 is 0 Å². The first-order valence-electron chi connectivity index (χ1n) is 50.8. The van der Waals surface area contributed by atoms with E-state index in [1.165, 1.54) is 304 Å². The maximum atomic E-state index is 2.45. The van der Waals surface area contributed by atoms with Crippen LogP contribution in [0.2, 0.25) is 0 Å². The number of rotatable bonds is 8. The van der Waals surface area contributed by atoms with Gasteiger partial charge in [0.05, 0.1) is 0 Å². The lowest BCUT2D eigenvalue weighted by atomic mass is 9.82. The topological polar surface area (TPSA) is 0 Å². The first kappa shape index (κ1) is 83.9. The predicted octanol–water partition coefficient (Wildman–Crippen LogP) is 41.5. The van der Waals surface area contributed by atoms with Crippen molar-refractivity contribution in [2.24, 2.45) is 0 Å². The van der Waals surface area contributed by atoms with E-state index in [9.17, 15) is 0 Å². The van der Waals surface area contributed by atoms with E-state index in [4.69, 9.17) is 0 Å². The molecule has 0 amide bonds. The molecule has 0 unspecified atom stereocenters. The smallest absolute Gasteiger partial charge is 0.00201 e. The molecule has 0 saturated heterocycles. The second-order valence-electron chi connectivity index (χ2n) is 39.3. The van der Waals surface area contributed by atoms with Crippen molar-refractivity contribution >= 4 is 215 Å². The molecule has 0 heteroatoms. The minimum absolute atomic E-state index is 1.21. The van der Waals surface area contributed by atoms with Gasteiger partial charge in [-0.25, -0.2) is 0 Å². The molecule has 0 bridgehead atoms. The summed E-state index contributed by atoms with van der Waals surface area (Å²) in [6, 6.07) is 202. The van der Waals surface area contributed by atoms with E-state index in [1.54, 1.807) is 0 Å². The zero-order valence-corrected chi connectivity index (χ0v) is 80.0. The first-order chi connectivity index (χ1) is 72.4. The molecule has 0 aromatic heterocycles. The third-order valence-electron chi connectivity index (χ3n) is 31.4. The zero-order valence-electron chi connectivity index (χ0n) is 80.0. The molecule has 0 radical (unpaired) electrons. The van der Waals surface area contributed by atoms with Gasteiger partial charge < -0.3 is 0 Å². The van der Waals surface area contributed by atoms with Crippen molar-refractivity contribution in [3.8, 4) is 89.0 Å². The summed E-state index contributed by atoms with van der Waals surface area (Å²) in [7, 11) is 0. The normalized spacial score (nSPS) is 11.8.